The molecule has 29 heavy (non-hydrogen) atoms. The van der Waals surface area contributed by atoms with Crippen LogP contribution in [0.4, 0.5) is 0 Å². The lowest BCUT2D eigenvalue weighted by Crippen LogP contribution is -2.25. The van der Waals surface area contributed by atoms with Crippen molar-refractivity contribution in [3.05, 3.63) is 64.4 Å². The molecular weight excluding hydrogens is 392 g/mol. The Kier molecular flexibility index (Phi) is 6.66. The Morgan fingerprint density at radius 1 is 1.07 bits per heavy atom. The molecule has 150 valence electrons. The number of fused-ring (bicyclic) bond motifs is 1. The van der Waals surface area contributed by atoms with Gasteiger partial charge in [-0.3, -0.25) is 19.0 Å². The molecule has 0 fully saturated rings. The molecule has 3 rings (SSSR count). The third-order valence-corrected chi connectivity index (χ3v) is 5.31. The molecule has 0 amide bonds. The highest BCUT2D eigenvalue weighted by atomic mass is 32.2. The maximum atomic E-state index is 12.9. The number of rotatable bonds is 8. The van der Waals surface area contributed by atoms with E-state index in [9.17, 15) is 14.4 Å². The van der Waals surface area contributed by atoms with Crippen molar-refractivity contribution in [1.29, 1.82) is 0 Å². The van der Waals surface area contributed by atoms with Gasteiger partial charge in [0.15, 0.2) is 10.9 Å². The van der Waals surface area contributed by atoms with E-state index in [-0.39, 0.29) is 30.1 Å². The van der Waals surface area contributed by atoms with E-state index in [0.717, 1.165) is 0 Å². The summed E-state index contributed by atoms with van der Waals surface area (Å²) in [5.41, 5.74) is 0.840. The monoisotopic (exact) mass is 412 g/mol. The Balaban J connectivity index is 1.86. The summed E-state index contributed by atoms with van der Waals surface area (Å²) in [6.45, 7) is 0.127. The molecule has 0 spiro atoms. The lowest BCUT2D eigenvalue weighted by molar-refractivity contribution is -0.140. The van der Waals surface area contributed by atoms with Gasteiger partial charge in [-0.25, -0.2) is 4.98 Å². The summed E-state index contributed by atoms with van der Waals surface area (Å²) in [6, 6.07) is 13.8. The number of carbonyl (C=O) groups is 2. The van der Waals surface area contributed by atoms with Crippen LogP contribution in [-0.4, -0.2) is 41.3 Å². The summed E-state index contributed by atoms with van der Waals surface area (Å²) < 4.78 is 11.2. The highest BCUT2D eigenvalue weighted by Crippen LogP contribution is 2.20. The Morgan fingerprint density at radius 3 is 2.48 bits per heavy atom. The number of hydrogen-bond acceptors (Lipinski definition) is 7. The zero-order valence-electron chi connectivity index (χ0n) is 16.1. The van der Waals surface area contributed by atoms with Crippen molar-refractivity contribution in [2.24, 2.45) is 0 Å². The first-order valence-corrected chi connectivity index (χ1v) is 9.88. The number of carbonyl (C=O) groups excluding carboxylic acids is 2. The normalized spacial score (nSPS) is 10.7. The number of benzene rings is 2. The molecule has 7 nitrogen and oxygen atoms in total. The zero-order chi connectivity index (χ0) is 20.8. The first-order chi connectivity index (χ1) is 14.0. The quantitative estimate of drug-likeness (QED) is 0.243. The van der Waals surface area contributed by atoms with E-state index in [0.29, 0.717) is 27.4 Å². The van der Waals surface area contributed by atoms with Crippen molar-refractivity contribution in [2.75, 3.05) is 20.0 Å². The van der Waals surface area contributed by atoms with E-state index in [2.05, 4.69) is 9.72 Å². The largest absolute Gasteiger partial charge is 0.497 e. The smallest absolute Gasteiger partial charge is 0.307 e. The maximum absolute atomic E-state index is 12.9. The number of thioether (sulfide) groups is 1. The van der Waals surface area contributed by atoms with E-state index < -0.39 is 5.97 Å². The molecule has 3 aromatic rings. The summed E-state index contributed by atoms with van der Waals surface area (Å²) in [5.74, 6) is 0.256. The van der Waals surface area contributed by atoms with Crippen LogP contribution < -0.4 is 10.3 Å². The summed E-state index contributed by atoms with van der Waals surface area (Å²) >= 11 is 1.17. The highest BCUT2D eigenvalue weighted by molar-refractivity contribution is 7.99. The number of aromatic nitrogens is 2. The van der Waals surface area contributed by atoms with Crippen molar-refractivity contribution >= 4 is 34.4 Å². The molecule has 0 aliphatic rings. The Labute approximate surface area is 171 Å². The van der Waals surface area contributed by atoms with E-state index in [4.69, 9.17) is 4.74 Å². The second-order valence-corrected chi connectivity index (χ2v) is 7.08. The van der Waals surface area contributed by atoms with Crippen molar-refractivity contribution in [3.8, 4) is 5.75 Å². The van der Waals surface area contributed by atoms with Crippen LogP contribution in [-0.2, 0) is 16.1 Å². The van der Waals surface area contributed by atoms with E-state index >= 15 is 0 Å². The van der Waals surface area contributed by atoms with Gasteiger partial charge in [0.05, 0.1) is 37.3 Å². The highest BCUT2D eigenvalue weighted by Gasteiger charge is 2.15. The number of esters is 1. The molecule has 0 saturated carbocycles. The number of Topliss-reactive ketones (excluding diaryl/α,β-unsaturated/α-hetero) is 1. The van der Waals surface area contributed by atoms with Gasteiger partial charge in [0, 0.05) is 12.1 Å². The minimum atomic E-state index is -0.421. The van der Waals surface area contributed by atoms with Crippen LogP contribution in [0, 0.1) is 0 Å². The van der Waals surface area contributed by atoms with Crippen molar-refractivity contribution < 1.29 is 19.1 Å². The number of ketones is 1. The van der Waals surface area contributed by atoms with Crippen LogP contribution in [0.5, 0.6) is 5.75 Å². The van der Waals surface area contributed by atoms with Crippen molar-refractivity contribution in [3.63, 3.8) is 0 Å². The number of para-hydroxylation sites is 1. The molecule has 1 heterocycles. The summed E-state index contributed by atoms with van der Waals surface area (Å²) in [7, 11) is 2.86. The zero-order valence-corrected chi connectivity index (χ0v) is 16.9. The molecule has 0 radical (unpaired) electrons. The molecule has 0 bridgehead atoms. The van der Waals surface area contributed by atoms with Crippen LogP contribution in [0.25, 0.3) is 10.9 Å². The fraction of sp³-hybridized carbons (Fsp3) is 0.238. The molecule has 2 aromatic carbocycles. The Bertz CT molecular complexity index is 1090. The topological polar surface area (TPSA) is 87.5 Å². The molecule has 0 saturated heterocycles. The van der Waals surface area contributed by atoms with Crippen LogP contribution >= 0.6 is 11.8 Å². The summed E-state index contributed by atoms with van der Waals surface area (Å²) in [6.07, 6.45) is 0.0381. The van der Waals surface area contributed by atoms with Gasteiger partial charge in [-0.2, -0.15) is 0 Å². The van der Waals surface area contributed by atoms with Crippen molar-refractivity contribution in [2.45, 2.75) is 18.1 Å². The number of hydrogen-bond donors (Lipinski definition) is 0. The van der Waals surface area contributed by atoms with Gasteiger partial charge in [0.2, 0.25) is 0 Å². The fourth-order valence-corrected chi connectivity index (χ4v) is 3.67. The third-order valence-electron chi connectivity index (χ3n) is 4.34. The number of ether oxygens (including phenoxy) is 2. The molecule has 0 aliphatic heterocycles. The number of methoxy groups -OCH3 is 2. The maximum Gasteiger partial charge on any atom is 0.307 e. The van der Waals surface area contributed by atoms with E-state index in [1.807, 2.05) is 0 Å². The molecule has 8 heteroatoms. The van der Waals surface area contributed by atoms with Gasteiger partial charge in [-0.15, -0.1) is 0 Å². The predicted octanol–water partition coefficient (Wildman–Crippen LogP) is 2.94. The average Bonchev–Trinajstić information content (AvgIpc) is 2.76. The number of nitrogens with zero attached hydrogens (tertiary/aromatic N) is 2. The van der Waals surface area contributed by atoms with Crippen LogP contribution in [0.3, 0.4) is 0 Å². The van der Waals surface area contributed by atoms with Gasteiger partial charge < -0.3 is 9.47 Å². The van der Waals surface area contributed by atoms with E-state index in [1.165, 1.54) is 23.4 Å². The first kappa shape index (κ1) is 20.6. The predicted molar refractivity (Wildman–Crippen MR) is 111 cm³/mol. The first-order valence-electron chi connectivity index (χ1n) is 8.90. The van der Waals surface area contributed by atoms with E-state index in [1.54, 1.807) is 55.6 Å². The van der Waals surface area contributed by atoms with Gasteiger partial charge in [0.25, 0.3) is 5.56 Å². The third kappa shape index (κ3) is 4.83. The fourth-order valence-electron chi connectivity index (χ4n) is 2.75. The lowest BCUT2D eigenvalue weighted by Gasteiger charge is -2.12. The van der Waals surface area contributed by atoms with Gasteiger partial charge >= 0.3 is 5.97 Å². The average molecular weight is 412 g/mol. The standard InChI is InChI=1S/C21H20N2O5S/c1-27-15-9-7-14(8-10-15)18(24)13-29-21-22-17-6-4-3-5-16(17)20(26)23(21)12-11-19(25)28-2/h3-10H,11-13H2,1-2H3. The summed E-state index contributed by atoms with van der Waals surface area (Å²) in [5, 5.41) is 0.850. The van der Waals surface area contributed by atoms with Gasteiger partial charge in [-0.1, -0.05) is 23.9 Å². The second-order valence-electron chi connectivity index (χ2n) is 6.13. The Morgan fingerprint density at radius 2 is 1.79 bits per heavy atom. The van der Waals surface area contributed by atoms with Crippen LogP contribution in [0.2, 0.25) is 0 Å². The molecule has 0 atom stereocenters. The van der Waals surface area contributed by atoms with Crippen molar-refractivity contribution in [1.82, 2.24) is 9.55 Å². The molecule has 1 aromatic heterocycles. The summed E-state index contributed by atoms with van der Waals surface area (Å²) in [4.78, 5) is 41.5. The molecule has 0 aliphatic carbocycles. The lowest BCUT2D eigenvalue weighted by atomic mass is 10.1. The van der Waals surface area contributed by atoms with Gasteiger partial charge in [0.1, 0.15) is 5.75 Å². The van der Waals surface area contributed by atoms with Crippen LogP contribution in [0.1, 0.15) is 16.8 Å². The van der Waals surface area contributed by atoms with Gasteiger partial charge in [-0.05, 0) is 36.4 Å². The minimum Gasteiger partial charge on any atom is -0.497 e. The molecular formula is C21H20N2O5S. The molecule has 0 N–H and O–H groups in total. The Hall–Kier alpha value is -3.13. The second kappa shape index (κ2) is 9.38. The SMILES string of the molecule is COC(=O)CCn1c(SCC(=O)c2ccc(OC)cc2)nc2ccccc2c1=O. The minimum absolute atomic E-state index is 0.0381. The molecule has 0 unspecified atom stereocenters. The van der Waals surface area contributed by atoms with Crippen LogP contribution in [0.15, 0.2) is 58.5 Å².